The van der Waals surface area contributed by atoms with Gasteiger partial charge in [-0.1, -0.05) is 25.1 Å². The minimum absolute atomic E-state index is 0.00419. The molecule has 2 fully saturated rings. The van der Waals surface area contributed by atoms with E-state index in [1.807, 2.05) is 30.3 Å². The molecule has 1 spiro atoms. The van der Waals surface area contributed by atoms with Crippen LogP contribution in [-0.4, -0.2) is 28.4 Å². The van der Waals surface area contributed by atoms with Gasteiger partial charge in [0.25, 0.3) is 5.91 Å². The second-order valence-electron chi connectivity index (χ2n) is 7.64. The second kappa shape index (κ2) is 7.62. The number of nitrogens with one attached hydrogen (secondary N) is 2. The van der Waals surface area contributed by atoms with Crippen LogP contribution in [-0.2, 0) is 11.4 Å². The minimum atomic E-state index is -0.908. The number of hydrogen-bond donors (Lipinski definition) is 2. The lowest BCUT2D eigenvalue weighted by Gasteiger charge is -2.33. The van der Waals surface area contributed by atoms with Crippen molar-refractivity contribution in [1.29, 1.82) is 0 Å². The summed E-state index contributed by atoms with van der Waals surface area (Å²) >= 11 is 0. The molecule has 1 aromatic heterocycles. The molecule has 152 valence electrons. The quantitative estimate of drug-likeness (QED) is 0.756. The lowest BCUT2D eigenvalue weighted by Crippen LogP contribution is -2.51. The number of benzene rings is 1. The van der Waals surface area contributed by atoms with E-state index in [1.54, 1.807) is 6.07 Å². The zero-order valence-corrected chi connectivity index (χ0v) is 16.1. The number of imide groups is 1. The fourth-order valence-corrected chi connectivity index (χ4v) is 3.72. The van der Waals surface area contributed by atoms with E-state index in [-0.39, 0.29) is 12.4 Å². The topological polar surface area (TPSA) is 101 Å². The smallest absolute Gasteiger partial charge is 0.344 e. The third-order valence-electron chi connectivity index (χ3n) is 5.51. The molecular weight excluding hydrogens is 374 g/mol. The number of furan rings is 1. The van der Waals surface area contributed by atoms with Crippen molar-refractivity contribution >= 4 is 17.8 Å². The summed E-state index contributed by atoms with van der Waals surface area (Å²) < 4.78 is 11.1. The van der Waals surface area contributed by atoms with E-state index in [9.17, 15) is 14.4 Å². The van der Waals surface area contributed by atoms with E-state index in [0.29, 0.717) is 30.3 Å². The largest absolute Gasteiger partial charge is 0.486 e. The Labute approximate surface area is 168 Å². The maximum absolute atomic E-state index is 12.8. The first-order valence-corrected chi connectivity index (χ1v) is 9.71. The Bertz CT molecular complexity index is 915. The van der Waals surface area contributed by atoms with Crippen LogP contribution < -0.4 is 15.5 Å². The van der Waals surface area contributed by atoms with Crippen LogP contribution in [0.15, 0.2) is 46.9 Å². The van der Waals surface area contributed by atoms with Gasteiger partial charge in [0.1, 0.15) is 23.7 Å². The van der Waals surface area contributed by atoms with Crippen LogP contribution in [0.3, 0.4) is 0 Å². The standard InChI is InChI=1S/C21H23N3O5/c1-14-9-11-21(12-10-14)19(26)24(20(27)22-21)23-18(25)17-8-7-16(29-17)13-28-15-5-3-2-4-6-15/h2-8,14H,9-13H2,1H3,(H,22,27)(H,23,25). The average Bonchev–Trinajstić information content (AvgIpc) is 3.29. The van der Waals surface area contributed by atoms with Crippen molar-refractivity contribution in [3.05, 3.63) is 54.0 Å². The molecule has 2 aromatic rings. The second-order valence-corrected chi connectivity index (χ2v) is 7.64. The van der Waals surface area contributed by atoms with Gasteiger partial charge in [-0.25, -0.2) is 10.2 Å². The van der Waals surface area contributed by atoms with E-state index < -0.39 is 23.4 Å². The number of hydrazine groups is 1. The molecular formula is C21H23N3O5. The van der Waals surface area contributed by atoms with E-state index in [4.69, 9.17) is 9.15 Å². The molecule has 0 unspecified atom stereocenters. The number of carbonyl (C=O) groups is 3. The van der Waals surface area contributed by atoms with Gasteiger partial charge in [-0.05, 0) is 55.9 Å². The Balaban J connectivity index is 1.37. The molecule has 0 atom stereocenters. The number of ether oxygens (including phenoxy) is 1. The molecule has 1 aliphatic carbocycles. The summed E-state index contributed by atoms with van der Waals surface area (Å²) in [5, 5.41) is 3.53. The third-order valence-corrected chi connectivity index (χ3v) is 5.51. The van der Waals surface area contributed by atoms with Gasteiger partial charge < -0.3 is 14.5 Å². The highest BCUT2D eigenvalue weighted by molar-refractivity contribution is 6.09. The number of nitrogens with zero attached hydrogens (tertiary/aromatic N) is 1. The van der Waals surface area contributed by atoms with Gasteiger partial charge in [-0.15, -0.1) is 0 Å². The first-order valence-electron chi connectivity index (χ1n) is 9.71. The number of rotatable bonds is 5. The van der Waals surface area contributed by atoms with E-state index in [0.717, 1.165) is 17.9 Å². The van der Waals surface area contributed by atoms with Crippen molar-refractivity contribution in [2.75, 3.05) is 0 Å². The molecule has 4 rings (SSSR count). The molecule has 2 heterocycles. The third kappa shape index (κ3) is 3.83. The predicted molar refractivity (Wildman–Crippen MR) is 103 cm³/mol. The van der Waals surface area contributed by atoms with Crippen LogP contribution in [0.4, 0.5) is 4.79 Å². The number of amides is 4. The minimum Gasteiger partial charge on any atom is -0.486 e. The highest BCUT2D eigenvalue weighted by atomic mass is 16.5. The SMILES string of the molecule is CC1CCC2(CC1)NC(=O)N(NC(=O)c1ccc(COc3ccccc3)o1)C2=O. The average molecular weight is 397 g/mol. The van der Waals surface area contributed by atoms with Crippen LogP contribution in [0.1, 0.15) is 48.9 Å². The van der Waals surface area contributed by atoms with Crippen molar-refractivity contribution < 1.29 is 23.5 Å². The molecule has 1 aliphatic heterocycles. The van der Waals surface area contributed by atoms with E-state index >= 15 is 0 Å². The zero-order chi connectivity index (χ0) is 20.4. The summed E-state index contributed by atoms with van der Waals surface area (Å²) in [6.07, 6.45) is 2.87. The number of para-hydroxylation sites is 1. The Kier molecular flexibility index (Phi) is 5.00. The monoisotopic (exact) mass is 397 g/mol. The normalized spacial score (nSPS) is 23.9. The molecule has 1 saturated heterocycles. The molecule has 1 aromatic carbocycles. The lowest BCUT2D eigenvalue weighted by molar-refractivity contribution is -0.134. The molecule has 4 amide bonds. The van der Waals surface area contributed by atoms with Gasteiger partial charge in [0.05, 0.1) is 0 Å². The Morgan fingerprint density at radius 2 is 1.93 bits per heavy atom. The molecule has 8 heteroatoms. The first kappa shape index (κ1) is 19.0. The Morgan fingerprint density at radius 3 is 2.66 bits per heavy atom. The molecule has 8 nitrogen and oxygen atoms in total. The van der Waals surface area contributed by atoms with E-state index in [1.165, 1.54) is 6.07 Å². The Morgan fingerprint density at radius 1 is 1.21 bits per heavy atom. The van der Waals surface area contributed by atoms with Crippen LogP contribution in [0.25, 0.3) is 0 Å². The summed E-state index contributed by atoms with van der Waals surface area (Å²) in [7, 11) is 0. The van der Waals surface area contributed by atoms with Crippen molar-refractivity contribution in [2.45, 2.75) is 44.8 Å². The van der Waals surface area contributed by atoms with Crippen molar-refractivity contribution in [3.63, 3.8) is 0 Å². The van der Waals surface area contributed by atoms with Crippen molar-refractivity contribution in [1.82, 2.24) is 15.8 Å². The van der Waals surface area contributed by atoms with Crippen molar-refractivity contribution in [2.24, 2.45) is 5.92 Å². The molecule has 1 saturated carbocycles. The molecule has 29 heavy (non-hydrogen) atoms. The van der Waals surface area contributed by atoms with E-state index in [2.05, 4.69) is 17.7 Å². The highest BCUT2D eigenvalue weighted by Crippen LogP contribution is 2.35. The fourth-order valence-electron chi connectivity index (χ4n) is 3.72. The summed E-state index contributed by atoms with van der Waals surface area (Å²) in [4.78, 5) is 37.6. The van der Waals surface area contributed by atoms with Gasteiger partial charge in [0.2, 0.25) is 0 Å². The summed E-state index contributed by atoms with van der Waals surface area (Å²) in [6, 6.07) is 11.7. The maximum Gasteiger partial charge on any atom is 0.344 e. The van der Waals surface area contributed by atoms with Crippen LogP contribution in [0.5, 0.6) is 5.75 Å². The van der Waals surface area contributed by atoms with Crippen LogP contribution >= 0.6 is 0 Å². The maximum atomic E-state index is 12.8. The number of carbonyl (C=O) groups excluding carboxylic acids is 3. The Hall–Kier alpha value is -3.29. The first-order chi connectivity index (χ1) is 14.0. The number of hydrogen-bond acceptors (Lipinski definition) is 5. The molecule has 2 N–H and O–H groups in total. The summed E-state index contributed by atoms with van der Waals surface area (Å²) in [5.41, 5.74) is 1.45. The highest BCUT2D eigenvalue weighted by Gasteiger charge is 2.53. The van der Waals surface area contributed by atoms with Gasteiger partial charge >= 0.3 is 11.9 Å². The lowest BCUT2D eigenvalue weighted by atomic mass is 9.77. The van der Waals surface area contributed by atoms with Crippen molar-refractivity contribution in [3.8, 4) is 5.75 Å². The zero-order valence-electron chi connectivity index (χ0n) is 16.1. The van der Waals surface area contributed by atoms with Gasteiger partial charge in [-0.2, -0.15) is 5.01 Å². The fraction of sp³-hybridized carbons (Fsp3) is 0.381. The van der Waals surface area contributed by atoms with Gasteiger partial charge in [-0.3, -0.25) is 9.59 Å². The van der Waals surface area contributed by atoms with Gasteiger partial charge in [0.15, 0.2) is 5.76 Å². The van der Waals surface area contributed by atoms with Crippen LogP contribution in [0.2, 0.25) is 0 Å². The van der Waals surface area contributed by atoms with Crippen LogP contribution in [0, 0.1) is 5.92 Å². The predicted octanol–water partition coefficient (Wildman–Crippen LogP) is 3.00. The summed E-state index contributed by atoms with van der Waals surface area (Å²) in [5.74, 6) is 0.571. The molecule has 0 radical (unpaired) electrons. The number of urea groups is 1. The molecule has 2 aliphatic rings. The molecule has 0 bridgehead atoms. The van der Waals surface area contributed by atoms with Gasteiger partial charge in [0, 0.05) is 0 Å². The summed E-state index contributed by atoms with van der Waals surface area (Å²) in [6.45, 7) is 2.28.